The zero-order chi connectivity index (χ0) is 16.9. The Hall–Kier alpha value is -2.76. The Morgan fingerprint density at radius 2 is 1.79 bits per heavy atom. The lowest BCUT2D eigenvalue weighted by atomic mass is 10.2. The fourth-order valence-corrected chi connectivity index (χ4v) is 2.66. The summed E-state index contributed by atoms with van der Waals surface area (Å²) in [5, 5.41) is 5.66. The Labute approximate surface area is 140 Å². The molecule has 2 unspecified atom stereocenters. The number of ether oxygens (including phenoxy) is 1. The van der Waals surface area contributed by atoms with Crippen LogP contribution < -0.4 is 15.4 Å². The third-order valence-corrected chi connectivity index (χ3v) is 4.13. The molecule has 0 radical (unpaired) electrons. The van der Waals surface area contributed by atoms with E-state index in [1.165, 1.54) is 0 Å². The van der Waals surface area contributed by atoms with Crippen molar-refractivity contribution in [1.82, 2.24) is 10.6 Å². The number of rotatable bonds is 7. The van der Waals surface area contributed by atoms with Gasteiger partial charge in [-0.25, -0.2) is 0 Å². The van der Waals surface area contributed by atoms with E-state index in [4.69, 9.17) is 9.15 Å². The summed E-state index contributed by atoms with van der Waals surface area (Å²) in [6, 6.07) is 11.1. The van der Waals surface area contributed by atoms with Crippen molar-refractivity contribution in [3.05, 3.63) is 54.0 Å². The number of amides is 2. The molecule has 0 aliphatic heterocycles. The quantitative estimate of drug-likeness (QED) is 0.813. The predicted octanol–water partition coefficient (Wildman–Crippen LogP) is 1.86. The maximum absolute atomic E-state index is 12.2. The van der Waals surface area contributed by atoms with Crippen molar-refractivity contribution in [2.24, 2.45) is 11.8 Å². The van der Waals surface area contributed by atoms with Crippen LogP contribution in [0.3, 0.4) is 0 Å². The highest BCUT2D eigenvalue weighted by Gasteiger charge is 2.47. The highest BCUT2D eigenvalue weighted by molar-refractivity contribution is 5.92. The summed E-state index contributed by atoms with van der Waals surface area (Å²) in [4.78, 5) is 24.2. The van der Waals surface area contributed by atoms with Crippen LogP contribution in [0.25, 0.3) is 0 Å². The van der Waals surface area contributed by atoms with E-state index in [1.807, 2.05) is 24.3 Å². The number of nitrogens with one attached hydrogen (secondary N) is 2. The van der Waals surface area contributed by atoms with Gasteiger partial charge in [0.25, 0.3) is 0 Å². The SMILES string of the molecule is COc1ccccc1CNC(=O)C1CC1C(=O)NCc1ccco1. The van der Waals surface area contributed by atoms with Crippen LogP contribution >= 0.6 is 0 Å². The van der Waals surface area contributed by atoms with Crippen molar-refractivity contribution in [2.75, 3.05) is 7.11 Å². The van der Waals surface area contributed by atoms with Gasteiger partial charge in [-0.15, -0.1) is 0 Å². The molecule has 1 heterocycles. The zero-order valence-electron chi connectivity index (χ0n) is 13.5. The summed E-state index contributed by atoms with van der Waals surface area (Å²) < 4.78 is 10.4. The molecule has 1 fully saturated rings. The first-order valence-corrected chi connectivity index (χ1v) is 7.88. The van der Waals surface area contributed by atoms with Gasteiger partial charge in [0.2, 0.25) is 11.8 Å². The largest absolute Gasteiger partial charge is 0.496 e. The van der Waals surface area contributed by atoms with Crippen LogP contribution in [0, 0.1) is 11.8 Å². The lowest BCUT2D eigenvalue weighted by molar-refractivity contribution is -0.127. The van der Waals surface area contributed by atoms with Crippen LogP contribution in [0.15, 0.2) is 47.1 Å². The average Bonchev–Trinajstić information content (AvgIpc) is 3.25. The third-order valence-electron chi connectivity index (χ3n) is 4.13. The third kappa shape index (κ3) is 3.76. The van der Waals surface area contributed by atoms with E-state index in [9.17, 15) is 9.59 Å². The number of carbonyl (C=O) groups excluding carboxylic acids is 2. The molecule has 0 saturated heterocycles. The Kier molecular flexibility index (Phi) is 4.84. The van der Waals surface area contributed by atoms with Gasteiger partial charge in [-0.05, 0) is 24.6 Å². The molecule has 2 amide bonds. The molecule has 1 aromatic carbocycles. The molecule has 0 spiro atoms. The van der Waals surface area contributed by atoms with Gasteiger partial charge < -0.3 is 19.8 Å². The smallest absolute Gasteiger partial charge is 0.224 e. The molecule has 126 valence electrons. The summed E-state index contributed by atoms with van der Waals surface area (Å²) in [6.45, 7) is 0.734. The van der Waals surface area contributed by atoms with Crippen molar-refractivity contribution in [3.63, 3.8) is 0 Å². The number of methoxy groups -OCH3 is 1. The van der Waals surface area contributed by atoms with Crippen LogP contribution in [0.4, 0.5) is 0 Å². The van der Waals surface area contributed by atoms with E-state index >= 15 is 0 Å². The topological polar surface area (TPSA) is 80.6 Å². The second-order valence-electron chi connectivity index (χ2n) is 5.78. The second kappa shape index (κ2) is 7.21. The zero-order valence-corrected chi connectivity index (χ0v) is 13.5. The van der Waals surface area contributed by atoms with Gasteiger partial charge in [-0.2, -0.15) is 0 Å². The molecule has 3 rings (SSSR count). The van der Waals surface area contributed by atoms with E-state index in [0.717, 1.165) is 11.3 Å². The van der Waals surface area contributed by atoms with Gasteiger partial charge in [0, 0.05) is 12.1 Å². The molecular formula is C18H20N2O4. The lowest BCUT2D eigenvalue weighted by Crippen LogP contribution is -2.29. The van der Waals surface area contributed by atoms with E-state index in [-0.39, 0.29) is 23.7 Å². The molecule has 1 aromatic heterocycles. The van der Waals surface area contributed by atoms with Gasteiger partial charge in [0.15, 0.2) is 0 Å². The second-order valence-corrected chi connectivity index (χ2v) is 5.78. The Morgan fingerprint density at radius 1 is 1.08 bits per heavy atom. The van der Waals surface area contributed by atoms with Gasteiger partial charge in [-0.1, -0.05) is 18.2 Å². The van der Waals surface area contributed by atoms with Gasteiger partial charge in [0.05, 0.1) is 31.8 Å². The van der Waals surface area contributed by atoms with E-state index < -0.39 is 0 Å². The molecule has 1 aliphatic rings. The highest BCUT2D eigenvalue weighted by atomic mass is 16.5. The fraction of sp³-hybridized carbons (Fsp3) is 0.333. The van der Waals surface area contributed by atoms with E-state index in [1.54, 1.807) is 25.5 Å². The molecule has 6 heteroatoms. The number of benzene rings is 1. The molecule has 6 nitrogen and oxygen atoms in total. The lowest BCUT2D eigenvalue weighted by Gasteiger charge is -2.09. The summed E-state index contributed by atoms with van der Waals surface area (Å²) in [6.07, 6.45) is 2.15. The van der Waals surface area contributed by atoms with Crippen LogP contribution in [0.1, 0.15) is 17.7 Å². The van der Waals surface area contributed by atoms with Crippen molar-refractivity contribution in [3.8, 4) is 5.75 Å². The summed E-state index contributed by atoms with van der Waals surface area (Å²) in [7, 11) is 1.60. The number of hydrogen-bond donors (Lipinski definition) is 2. The molecule has 1 saturated carbocycles. The standard InChI is InChI=1S/C18H20N2O4/c1-23-16-7-3-2-5-12(16)10-19-17(21)14-9-15(14)18(22)20-11-13-6-4-8-24-13/h2-8,14-15H,9-11H2,1H3,(H,19,21)(H,20,22). The van der Waals surface area contributed by atoms with Crippen molar-refractivity contribution in [1.29, 1.82) is 0 Å². The number of para-hydroxylation sites is 1. The molecule has 1 aliphatic carbocycles. The van der Waals surface area contributed by atoms with Crippen LogP contribution in [0.5, 0.6) is 5.75 Å². The van der Waals surface area contributed by atoms with Crippen molar-refractivity contribution < 1.29 is 18.7 Å². The monoisotopic (exact) mass is 328 g/mol. The Morgan fingerprint density at radius 3 is 2.46 bits per heavy atom. The van der Waals surface area contributed by atoms with Crippen LogP contribution in [0.2, 0.25) is 0 Å². The number of carbonyl (C=O) groups is 2. The van der Waals surface area contributed by atoms with E-state index in [0.29, 0.717) is 25.3 Å². The van der Waals surface area contributed by atoms with Gasteiger partial charge >= 0.3 is 0 Å². The van der Waals surface area contributed by atoms with Gasteiger partial charge in [-0.3, -0.25) is 9.59 Å². The normalized spacial score (nSPS) is 18.7. The summed E-state index contributed by atoms with van der Waals surface area (Å²) in [5.74, 6) is 0.722. The first-order chi connectivity index (χ1) is 11.7. The number of hydrogen-bond acceptors (Lipinski definition) is 4. The first kappa shape index (κ1) is 16.1. The summed E-state index contributed by atoms with van der Waals surface area (Å²) >= 11 is 0. The van der Waals surface area contributed by atoms with Crippen molar-refractivity contribution >= 4 is 11.8 Å². The molecule has 2 atom stereocenters. The molecule has 24 heavy (non-hydrogen) atoms. The maximum atomic E-state index is 12.2. The Balaban J connectivity index is 1.44. The first-order valence-electron chi connectivity index (χ1n) is 7.88. The predicted molar refractivity (Wildman–Crippen MR) is 87.0 cm³/mol. The molecular weight excluding hydrogens is 308 g/mol. The molecule has 2 aromatic rings. The van der Waals surface area contributed by atoms with Crippen LogP contribution in [-0.2, 0) is 22.7 Å². The minimum Gasteiger partial charge on any atom is -0.496 e. The molecule has 2 N–H and O–H groups in total. The average molecular weight is 328 g/mol. The minimum absolute atomic E-state index is 0.0981. The van der Waals surface area contributed by atoms with Crippen LogP contribution in [-0.4, -0.2) is 18.9 Å². The highest BCUT2D eigenvalue weighted by Crippen LogP contribution is 2.39. The maximum Gasteiger partial charge on any atom is 0.224 e. The summed E-state index contributed by atoms with van der Waals surface area (Å²) in [5.41, 5.74) is 0.910. The Bertz CT molecular complexity index is 712. The fourth-order valence-electron chi connectivity index (χ4n) is 2.66. The van der Waals surface area contributed by atoms with Gasteiger partial charge in [0.1, 0.15) is 11.5 Å². The van der Waals surface area contributed by atoms with E-state index in [2.05, 4.69) is 10.6 Å². The minimum atomic E-state index is -0.253. The van der Waals surface area contributed by atoms with Crippen molar-refractivity contribution in [2.45, 2.75) is 19.5 Å². The molecule has 0 bridgehead atoms. The number of furan rings is 1.